The fourth-order valence-electron chi connectivity index (χ4n) is 5.07. The van der Waals surface area contributed by atoms with Crippen molar-refractivity contribution in [2.75, 3.05) is 0 Å². The SMILES string of the molecule is [2H]c1c(C)[n+](C)c(-c2cc(C(C)(C)C)cc(C)c2C)c2ccc(CC3CCCC3)cc12. The highest BCUT2D eigenvalue weighted by molar-refractivity contribution is 5.94. The Bertz CT molecular complexity index is 1140. The second kappa shape index (κ2) is 7.84. The van der Waals surface area contributed by atoms with Crippen molar-refractivity contribution in [3.63, 3.8) is 0 Å². The Labute approximate surface area is 184 Å². The zero-order valence-corrected chi connectivity index (χ0v) is 19.9. The second-order valence-corrected chi connectivity index (χ2v) is 10.6. The number of hydrogen-bond acceptors (Lipinski definition) is 0. The number of rotatable bonds is 3. The first kappa shape index (κ1) is 19.8. The normalized spacial score (nSPS) is 15.8. The lowest BCUT2D eigenvalue weighted by atomic mass is 9.82. The number of fused-ring (bicyclic) bond motifs is 1. The molecule has 0 amide bonds. The van der Waals surface area contributed by atoms with Crippen molar-refractivity contribution < 1.29 is 5.94 Å². The smallest absolute Gasteiger partial charge is 0.198 e. The first-order chi connectivity index (χ1) is 14.6. The van der Waals surface area contributed by atoms with E-state index in [4.69, 9.17) is 1.37 Å². The molecule has 4 rings (SSSR count). The highest BCUT2D eigenvalue weighted by Gasteiger charge is 2.24. The molecule has 1 aliphatic rings. The Morgan fingerprint density at radius 2 is 1.73 bits per heavy atom. The minimum absolute atomic E-state index is 0.0977. The van der Waals surface area contributed by atoms with Crippen LogP contribution in [0.15, 0.2) is 36.4 Å². The van der Waals surface area contributed by atoms with Crippen molar-refractivity contribution in [3.05, 3.63) is 64.3 Å². The summed E-state index contributed by atoms with van der Waals surface area (Å²) in [7, 11) is 2.12. The van der Waals surface area contributed by atoms with Crippen LogP contribution in [0.3, 0.4) is 0 Å². The molecule has 1 fully saturated rings. The minimum atomic E-state index is 0.0977. The summed E-state index contributed by atoms with van der Waals surface area (Å²) >= 11 is 0. The number of hydrogen-bond donors (Lipinski definition) is 0. The Hall–Kier alpha value is -2.15. The molecule has 0 N–H and O–H groups in total. The van der Waals surface area contributed by atoms with Gasteiger partial charge in [0, 0.05) is 13.0 Å². The van der Waals surface area contributed by atoms with Crippen LogP contribution in [0.25, 0.3) is 22.0 Å². The van der Waals surface area contributed by atoms with Gasteiger partial charge in [-0.2, -0.15) is 4.57 Å². The molecule has 1 heterocycles. The number of nitrogens with zero attached hydrogens (tertiary/aromatic N) is 1. The molecule has 30 heavy (non-hydrogen) atoms. The van der Waals surface area contributed by atoms with E-state index >= 15 is 0 Å². The highest BCUT2D eigenvalue weighted by atomic mass is 14.9. The molecule has 0 aliphatic heterocycles. The molecule has 0 unspecified atom stereocenters. The maximum absolute atomic E-state index is 8.89. The number of pyridine rings is 1. The van der Waals surface area contributed by atoms with Crippen molar-refractivity contribution in [1.82, 2.24) is 0 Å². The van der Waals surface area contributed by atoms with Gasteiger partial charge in [-0.3, -0.25) is 0 Å². The topological polar surface area (TPSA) is 3.88 Å². The monoisotopic (exact) mass is 401 g/mol. The van der Waals surface area contributed by atoms with E-state index in [0.717, 1.165) is 23.4 Å². The van der Waals surface area contributed by atoms with Gasteiger partial charge in [-0.25, -0.2) is 0 Å². The molecule has 3 aromatic rings. The Morgan fingerprint density at radius 3 is 2.40 bits per heavy atom. The molecule has 2 aromatic carbocycles. The molecular weight excluding hydrogens is 362 g/mol. The maximum Gasteiger partial charge on any atom is 0.220 e. The first-order valence-corrected chi connectivity index (χ1v) is 11.6. The average Bonchev–Trinajstić information content (AvgIpc) is 3.22. The van der Waals surface area contributed by atoms with Crippen molar-refractivity contribution >= 4 is 10.8 Å². The molecule has 158 valence electrons. The van der Waals surface area contributed by atoms with Crippen LogP contribution in [0.4, 0.5) is 0 Å². The van der Waals surface area contributed by atoms with E-state index in [1.165, 1.54) is 64.6 Å². The first-order valence-electron chi connectivity index (χ1n) is 12.1. The summed E-state index contributed by atoms with van der Waals surface area (Å²) in [6, 6.07) is 12.3. The second-order valence-electron chi connectivity index (χ2n) is 10.6. The molecule has 0 atom stereocenters. The molecule has 1 saturated carbocycles. The zero-order chi connectivity index (χ0) is 22.5. The van der Waals surface area contributed by atoms with Gasteiger partial charge in [0.1, 0.15) is 7.05 Å². The third-order valence-corrected chi connectivity index (χ3v) is 7.28. The zero-order valence-electron chi connectivity index (χ0n) is 20.9. The van der Waals surface area contributed by atoms with Crippen LogP contribution in [0, 0.1) is 26.7 Å². The maximum atomic E-state index is 8.89. The van der Waals surface area contributed by atoms with Crippen LogP contribution in [0.2, 0.25) is 0 Å². The van der Waals surface area contributed by atoms with E-state index in [1.807, 2.05) is 0 Å². The fraction of sp³-hybridized carbons (Fsp3) is 0.483. The lowest BCUT2D eigenvalue weighted by Gasteiger charge is -2.22. The molecule has 1 heteroatoms. The minimum Gasteiger partial charge on any atom is -0.198 e. The van der Waals surface area contributed by atoms with Gasteiger partial charge in [0.25, 0.3) is 0 Å². The van der Waals surface area contributed by atoms with Crippen LogP contribution in [0.1, 0.15) is 75.8 Å². The fourth-order valence-corrected chi connectivity index (χ4v) is 5.07. The Kier molecular flexibility index (Phi) is 5.17. The van der Waals surface area contributed by atoms with E-state index in [0.29, 0.717) is 6.04 Å². The summed E-state index contributed by atoms with van der Waals surface area (Å²) in [4.78, 5) is 0. The number of aryl methyl sites for hydroxylation is 1. The van der Waals surface area contributed by atoms with Crippen molar-refractivity contribution in [2.45, 2.75) is 79.1 Å². The van der Waals surface area contributed by atoms with Gasteiger partial charge in [-0.15, -0.1) is 0 Å². The molecule has 0 saturated heterocycles. The van der Waals surface area contributed by atoms with Crippen LogP contribution >= 0.6 is 0 Å². The number of aromatic nitrogens is 1. The Morgan fingerprint density at radius 1 is 1.03 bits per heavy atom. The molecular formula is C29H38N+. The van der Waals surface area contributed by atoms with Crippen LogP contribution in [-0.2, 0) is 18.9 Å². The largest absolute Gasteiger partial charge is 0.220 e. The van der Waals surface area contributed by atoms with Crippen molar-refractivity contribution in [1.29, 1.82) is 0 Å². The lowest BCUT2D eigenvalue weighted by Crippen LogP contribution is -2.35. The predicted octanol–water partition coefficient (Wildman–Crippen LogP) is 7.29. The van der Waals surface area contributed by atoms with E-state index in [-0.39, 0.29) is 5.41 Å². The number of benzene rings is 2. The lowest BCUT2D eigenvalue weighted by molar-refractivity contribution is -0.665. The van der Waals surface area contributed by atoms with Crippen LogP contribution in [-0.4, -0.2) is 0 Å². The standard InChI is InChI=1S/C29H38N/c1-19-14-25(29(4,5)6)18-27(21(19)3)28-26-13-12-23(16-22-10-8-9-11-22)17-24(26)15-20(2)30(28)7/h12-15,17-18,22H,8-11,16H2,1-7H3/q+1/i15D. The molecule has 1 aromatic heterocycles. The van der Waals surface area contributed by atoms with Gasteiger partial charge in [0.2, 0.25) is 5.69 Å². The van der Waals surface area contributed by atoms with Gasteiger partial charge in [0.05, 0.1) is 12.3 Å². The summed E-state index contributed by atoms with van der Waals surface area (Å²) in [5, 5.41) is 2.29. The highest BCUT2D eigenvalue weighted by Crippen LogP contribution is 2.35. The van der Waals surface area contributed by atoms with E-state index in [1.54, 1.807) is 0 Å². The molecule has 1 nitrogen and oxygen atoms in total. The van der Waals surface area contributed by atoms with Gasteiger partial charge in [-0.1, -0.05) is 64.7 Å². The van der Waals surface area contributed by atoms with E-state index in [9.17, 15) is 0 Å². The quantitative estimate of drug-likeness (QED) is 0.406. The van der Waals surface area contributed by atoms with Gasteiger partial charge in [-0.05, 0) is 71.4 Å². The van der Waals surface area contributed by atoms with Crippen LogP contribution < -0.4 is 4.57 Å². The van der Waals surface area contributed by atoms with Gasteiger partial charge in [0.15, 0.2) is 5.69 Å². The van der Waals surface area contributed by atoms with Crippen molar-refractivity contribution in [2.24, 2.45) is 13.0 Å². The Balaban J connectivity index is 1.95. The third-order valence-electron chi connectivity index (χ3n) is 7.28. The summed E-state index contributed by atoms with van der Waals surface area (Å²) in [5.41, 5.74) is 9.08. The van der Waals surface area contributed by atoms with Gasteiger partial charge < -0.3 is 0 Å². The molecule has 0 spiro atoms. The summed E-state index contributed by atoms with van der Waals surface area (Å²) in [6.45, 7) is 13.4. The molecule has 0 bridgehead atoms. The summed E-state index contributed by atoms with van der Waals surface area (Å²) < 4.78 is 11.1. The van der Waals surface area contributed by atoms with E-state index < -0.39 is 0 Å². The third kappa shape index (κ3) is 3.92. The summed E-state index contributed by atoms with van der Waals surface area (Å²) in [6.07, 6.45) is 6.63. The summed E-state index contributed by atoms with van der Waals surface area (Å²) in [5.74, 6) is 0.820. The van der Waals surface area contributed by atoms with E-state index in [2.05, 4.69) is 83.5 Å². The van der Waals surface area contributed by atoms with Crippen LogP contribution in [0.5, 0.6) is 0 Å². The van der Waals surface area contributed by atoms with Gasteiger partial charge >= 0.3 is 0 Å². The predicted molar refractivity (Wildman–Crippen MR) is 129 cm³/mol. The average molecular weight is 402 g/mol. The van der Waals surface area contributed by atoms with Crippen molar-refractivity contribution in [3.8, 4) is 11.3 Å². The molecule has 0 radical (unpaired) electrons. The molecule has 1 aliphatic carbocycles.